The van der Waals surface area contributed by atoms with Crippen molar-refractivity contribution < 1.29 is 4.79 Å². The molecule has 0 aromatic heterocycles. The van der Waals surface area contributed by atoms with Crippen molar-refractivity contribution in [3.8, 4) is 0 Å². The van der Waals surface area contributed by atoms with E-state index in [1.54, 1.807) is 0 Å². The molecule has 0 saturated carbocycles. The summed E-state index contributed by atoms with van der Waals surface area (Å²) in [7, 11) is 0. The van der Waals surface area contributed by atoms with Crippen molar-refractivity contribution in [2.24, 2.45) is 5.92 Å². The highest BCUT2D eigenvalue weighted by molar-refractivity contribution is 5.75. The first-order valence-electron chi connectivity index (χ1n) is 7.78. The smallest absolute Gasteiger partial charge is 0.320 e. The third kappa shape index (κ3) is 3.18. The van der Waals surface area contributed by atoms with E-state index in [2.05, 4.69) is 23.6 Å². The van der Waals surface area contributed by atoms with Crippen LogP contribution in [0, 0.1) is 5.92 Å². The first-order chi connectivity index (χ1) is 8.72. The van der Waals surface area contributed by atoms with Crippen LogP contribution in [0.15, 0.2) is 0 Å². The summed E-state index contributed by atoms with van der Waals surface area (Å²) >= 11 is 0. The van der Waals surface area contributed by atoms with Crippen LogP contribution in [-0.2, 0) is 0 Å². The molecule has 2 aliphatic rings. The van der Waals surface area contributed by atoms with Crippen LogP contribution in [0.3, 0.4) is 0 Å². The number of hydrogen-bond acceptors (Lipinski definition) is 1. The van der Waals surface area contributed by atoms with E-state index in [-0.39, 0.29) is 0 Å². The highest BCUT2D eigenvalue weighted by Crippen LogP contribution is 2.24. The fourth-order valence-electron chi connectivity index (χ4n) is 3.27. The average Bonchev–Trinajstić information content (AvgIpc) is 2.40. The largest absolute Gasteiger partial charge is 0.325 e. The molecule has 2 rings (SSSR count). The van der Waals surface area contributed by atoms with Gasteiger partial charge in [-0.15, -0.1) is 0 Å². The number of amides is 2. The van der Waals surface area contributed by atoms with Gasteiger partial charge in [-0.25, -0.2) is 4.79 Å². The molecular weight excluding hydrogens is 224 g/mol. The molecule has 104 valence electrons. The van der Waals surface area contributed by atoms with E-state index in [1.165, 1.54) is 44.9 Å². The van der Waals surface area contributed by atoms with Crippen molar-refractivity contribution in [2.45, 2.75) is 64.8 Å². The molecule has 0 radical (unpaired) electrons. The van der Waals surface area contributed by atoms with Gasteiger partial charge in [0.2, 0.25) is 0 Å². The maximum Gasteiger partial charge on any atom is 0.320 e. The van der Waals surface area contributed by atoms with E-state index in [0.29, 0.717) is 12.1 Å². The summed E-state index contributed by atoms with van der Waals surface area (Å²) in [4.78, 5) is 16.9. The van der Waals surface area contributed by atoms with Gasteiger partial charge in [-0.3, -0.25) is 0 Å². The zero-order valence-electron chi connectivity index (χ0n) is 12.0. The maximum atomic E-state index is 12.6. The van der Waals surface area contributed by atoms with Gasteiger partial charge in [0.15, 0.2) is 0 Å². The molecule has 3 nitrogen and oxygen atoms in total. The van der Waals surface area contributed by atoms with Gasteiger partial charge in [0.25, 0.3) is 0 Å². The number of rotatable bonds is 2. The first-order valence-corrected chi connectivity index (χ1v) is 7.78. The summed E-state index contributed by atoms with van der Waals surface area (Å²) in [6.45, 7) is 7.43. The summed E-state index contributed by atoms with van der Waals surface area (Å²) in [5, 5.41) is 0. The molecule has 3 heteroatoms. The Balaban J connectivity index is 1.93. The average molecular weight is 252 g/mol. The Hall–Kier alpha value is -0.730. The molecule has 1 atom stereocenters. The number of carbonyl (C=O) groups is 1. The molecule has 0 bridgehead atoms. The van der Waals surface area contributed by atoms with Crippen LogP contribution in [0.25, 0.3) is 0 Å². The van der Waals surface area contributed by atoms with Crippen molar-refractivity contribution in [3.05, 3.63) is 0 Å². The number of likely N-dealkylation sites (tertiary alicyclic amines) is 2. The second-order valence-corrected chi connectivity index (χ2v) is 6.08. The van der Waals surface area contributed by atoms with Gasteiger partial charge in [-0.1, -0.05) is 20.3 Å². The molecule has 2 saturated heterocycles. The number of piperidine rings is 2. The molecule has 2 fully saturated rings. The zero-order valence-corrected chi connectivity index (χ0v) is 12.0. The maximum absolute atomic E-state index is 12.6. The molecule has 0 N–H and O–H groups in total. The Morgan fingerprint density at radius 3 is 2.50 bits per heavy atom. The Bertz CT molecular complexity index is 270. The molecule has 0 spiro atoms. The lowest BCUT2D eigenvalue weighted by Gasteiger charge is -2.41. The van der Waals surface area contributed by atoms with E-state index in [4.69, 9.17) is 0 Å². The molecule has 2 heterocycles. The van der Waals surface area contributed by atoms with E-state index >= 15 is 0 Å². The summed E-state index contributed by atoms with van der Waals surface area (Å²) in [5.41, 5.74) is 0. The van der Waals surface area contributed by atoms with Crippen LogP contribution in [-0.4, -0.2) is 41.5 Å². The van der Waals surface area contributed by atoms with Gasteiger partial charge >= 0.3 is 6.03 Å². The highest BCUT2D eigenvalue weighted by atomic mass is 16.2. The number of carbonyl (C=O) groups excluding carboxylic acids is 1. The third-order valence-electron chi connectivity index (χ3n) is 4.55. The Labute approximate surface area is 112 Å². The first kappa shape index (κ1) is 13.7. The Morgan fingerprint density at radius 1 is 1.11 bits per heavy atom. The molecule has 0 aliphatic carbocycles. The minimum atomic E-state index is 0.319. The quantitative estimate of drug-likeness (QED) is 0.738. The second kappa shape index (κ2) is 6.44. The van der Waals surface area contributed by atoms with Crippen LogP contribution in [0.1, 0.15) is 58.8 Å². The predicted octanol–water partition coefficient (Wildman–Crippen LogP) is 3.49. The van der Waals surface area contributed by atoms with Gasteiger partial charge in [-0.05, 0) is 44.4 Å². The van der Waals surface area contributed by atoms with Crippen LogP contribution in [0.2, 0.25) is 0 Å². The van der Waals surface area contributed by atoms with Crippen molar-refractivity contribution in [1.82, 2.24) is 9.80 Å². The fraction of sp³-hybridized carbons (Fsp3) is 0.933. The van der Waals surface area contributed by atoms with Crippen LogP contribution < -0.4 is 0 Å². The summed E-state index contributed by atoms with van der Waals surface area (Å²) in [6.07, 6.45) is 8.42. The monoisotopic (exact) mass is 252 g/mol. The number of urea groups is 1. The lowest BCUT2D eigenvalue weighted by atomic mass is 9.97. The van der Waals surface area contributed by atoms with Crippen LogP contribution >= 0.6 is 0 Å². The van der Waals surface area contributed by atoms with E-state index in [9.17, 15) is 4.79 Å². The van der Waals surface area contributed by atoms with Gasteiger partial charge in [0, 0.05) is 25.7 Å². The molecule has 18 heavy (non-hydrogen) atoms. The summed E-state index contributed by atoms with van der Waals surface area (Å²) in [5.74, 6) is 0.793. The van der Waals surface area contributed by atoms with Gasteiger partial charge in [0.05, 0.1) is 0 Å². The zero-order chi connectivity index (χ0) is 13.0. The predicted molar refractivity (Wildman–Crippen MR) is 74.6 cm³/mol. The van der Waals surface area contributed by atoms with Gasteiger partial charge in [0.1, 0.15) is 0 Å². The molecular formula is C15H28N2O. The Kier molecular flexibility index (Phi) is 4.90. The molecule has 2 aliphatic heterocycles. The number of nitrogens with zero attached hydrogens (tertiary/aromatic N) is 2. The van der Waals surface area contributed by atoms with E-state index in [1.807, 2.05) is 0 Å². The van der Waals surface area contributed by atoms with Crippen molar-refractivity contribution in [1.29, 1.82) is 0 Å². The Morgan fingerprint density at radius 2 is 1.83 bits per heavy atom. The normalized spacial score (nSPS) is 26.4. The number of hydrogen-bond donors (Lipinski definition) is 0. The standard InChI is InChI=1S/C15H28N2O/c1-3-6-14-7-4-5-10-17(14)15(18)16-11-8-13(2)9-12-16/h13-14H,3-12H2,1-2H3. The second-order valence-electron chi connectivity index (χ2n) is 6.08. The summed E-state index contributed by atoms with van der Waals surface area (Å²) in [6, 6.07) is 0.829. The van der Waals surface area contributed by atoms with E-state index < -0.39 is 0 Å². The minimum absolute atomic E-state index is 0.319. The van der Waals surface area contributed by atoms with Crippen molar-refractivity contribution >= 4 is 6.03 Å². The van der Waals surface area contributed by atoms with Gasteiger partial charge in [-0.2, -0.15) is 0 Å². The lowest BCUT2D eigenvalue weighted by molar-refractivity contribution is 0.0997. The molecule has 0 aromatic rings. The molecule has 0 aromatic carbocycles. The fourth-order valence-corrected chi connectivity index (χ4v) is 3.27. The third-order valence-corrected chi connectivity index (χ3v) is 4.55. The minimum Gasteiger partial charge on any atom is -0.325 e. The van der Waals surface area contributed by atoms with Gasteiger partial charge < -0.3 is 9.80 Å². The summed E-state index contributed by atoms with van der Waals surface area (Å²) < 4.78 is 0. The SMILES string of the molecule is CCCC1CCCCN1C(=O)N1CCC(C)CC1. The topological polar surface area (TPSA) is 23.6 Å². The van der Waals surface area contributed by atoms with E-state index in [0.717, 1.165) is 25.6 Å². The van der Waals surface area contributed by atoms with Crippen LogP contribution in [0.4, 0.5) is 4.79 Å². The van der Waals surface area contributed by atoms with Crippen molar-refractivity contribution in [2.75, 3.05) is 19.6 Å². The van der Waals surface area contributed by atoms with Crippen molar-refractivity contribution in [3.63, 3.8) is 0 Å². The van der Waals surface area contributed by atoms with Crippen LogP contribution in [0.5, 0.6) is 0 Å². The highest BCUT2D eigenvalue weighted by Gasteiger charge is 2.30. The lowest BCUT2D eigenvalue weighted by Crippen LogP contribution is -2.52. The molecule has 2 amide bonds. The molecule has 1 unspecified atom stereocenters.